The largest absolute Gasteiger partial charge is 0.497 e. The van der Waals surface area contributed by atoms with Crippen molar-refractivity contribution in [1.29, 1.82) is 0 Å². The predicted molar refractivity (Wildman–Crippen MR) is 139 cm³/mol. The van der Waals surface area contributed by atoms with Gasteiger partial charge in [0.25, 0.3) is 5.91 Å². The quantitative estimate of drug-likeness (QED) is 0.258. The summed E-state index contributed by atoms with van der Waals surface area (Å²) in [6, 6.07) is 31.6. The lowest BCUT2D eigenvalue weighted by Gasteiger charge is -2.10. The van der Waals surface area contributed by atoms with Gasteiger partial charge in [-0.25, -0.2) is 10.1 Å². The third-order valence-electron chi connectivity index (χ3n) is 5.78. The molecule has 6 nitrogen and oxygen atoms in total. The van der Waals surface area contributed by atoms with Crippen LogP contribution in [0.3, 0.4) is 0 Å². The molecule has 0 fully saturated rings. The number of carbonyl (C=O) groups is 1. The Morgan fingerprint density at radius 1 is 0.943 bits per heavy atom. The minimum atomic E-state index is -0.387. The number of hydrazone groups is 1. The number of benzene rings is 4. The van der Waals surface area contributed by atoms with Crippen LogP contribution in [0, 0.1) is 6.92 Å². The maximum absolute atomic E-state index is 13.0. The lowest BCUT2D eigenvalue weighted by atomic mass is 10.0. The van der Waals surface area contributed by atoms with E-state index in [0.717, 1.165) is 44.6 Å². The molecule has 0 aliphatic heterocycles. The normalized spacial score (nSPS) is 11.1. The second-order valence-electron chi connectivity index (χ2n) is 8.16. The van der Waals surface area contributed by atoms with Crippen LogP contribution in [0.5, 0.6) is 5.75 Å². The first-order chi connectivity index (χ1) is 17.1. The minimum absolute atomic E-state index is 0.278. The highest BCUT2D eigenvalue weighted by Crippen LogP contribution is 2.31. The molecule has 0 radical (unpaired) electrons. The molecule has 0 aliphatic rings. The summed E-state index contributed by atoms with van der Waals surface area (Å²) in [5.41, 5.74) is 7.56. The number of amides is 1. The summed E-state index contributed by atoms with van der Waals surface area (Å²) in [5, 5.41) is 11.0. The first-order valence-electron chi connectivity index (χ1n) is 11.2. The number of ether oxygens (including phenoxy) is 1. The standard InChI is InChI=1S/C29H24N4O2/c1-20-10-14-23(15-11-20)33-28(26-9-5-7-22-6-3-4-8-25(22)26)18-27(32-33)29(34)31-30-19-21-12-16-24(35-2)17-13-21/h3-19H,1-2H3,(H,31,34)/b30-19-. The summed E-state index contributed by atoms with van der Waals surface area (Å²) in [6.45, 7) is 2.04. The van der Waals surface area contributed by atoms with Gasteiger partial charge in [-0.05, 0) is 65.7 Å². The van der Waals surface area contributed by atoms with Crippen molar-refractivity contribution in [2.75, 3.05) is 7.11 Å². The van der Waals surface area contributed by atoms with E-state index < -0.39 is 0 Å². The Morgan fingerprint density at radius 2 is 1.69 bits per heavy atom. The number of hydrogen-bond donors (Lipinski definition) is 1. The molecule has 1 heterocycles. The van der Waals surface area contributed by atoms with Crippen molar-refractivity contribution in [3.8, 4) is 22.7 Å². The van der Waals surface area contributed by atoms with Gasteiger partial charge in [-0.15, -0.1) is 0 Å². The minimum Gasteiger partial charge on any atom is -0.497 e. The molecule has 4 aromatic carbocycles. The first-order valence-corrected chi connectivity index (χ1v) is 11.2. The van der Waals surface area contributed by atoms with Crippen LogP contribution in [0.25, 0.3) is 27.7 Å². The van der Waals surface area contributed by atoms with Crippen LogP contribution in [0.1, 0.15) is 21.6 Å². The smallest absolute Gasteiger partial charge is 0.291 e. The first kappa shape index (κ1) is 22.1. The van der Waals surface area contributed by atoms with Gasteiger partial charge in [0, 0.05) is 5.56 Å². The molecule has 35 heavy (non-hydrogen) atoms. The fraction of sp³-hybridized carbons (Fsp3) is 0.0690. The predicted octanol–water partition coefficient (Wildman–Crippen LogP) is 5.77. The van der Waals surface area contributed by atoms with Crippen molar-refractivity contribution in [3.63, 3.8) is 0 Å². The van der Waals surface area contributed by atoms with E-state index in [9.17, 15) is 4.79 Å². The van der Waals surface area contributed by atoms with E-state index in [2.05, 4.69) is 33.8 Å². The fourth-order valence-corrected chi connectivity index (χ4v) is 3.93. The molecule has 1 amide bonds. The number of aromatic nitrogens is 2. The van der Waals surface area contributed by atoms with Crippen molar-refractivity contribution >= 4 is 22.9 Å². The Labute approximate surface area is 203 Å². The number of carbonyl (C=O) groups excluding carboxylic acids is 1. The number of fused-ring (bicyclic) bond motifs is 1. The third-order valence-corrected chi connectivity index (χ3v) is 5.78. The SMILES string of the molecule is COc1ccc(/C=N\NC(=O)c2cc(-c3cccc4ccccc34)n(-c3ccc(C)cc3)n2)cc1. The number of rotatable bonds is 6. The summed E-state index contributed by atoms with van der Waals surface area (Å²) in [7, 11) is 1.62. The van der Waals surface area contributed by atoms with E-state index in [1.807, 2.05) is 84.4 Å². The Kier molecular flexibility index (Phi) is 6.09. The lowest BCUT2D eigenvalue weighted by molar-refractivity contribution is 0.0949. The Balaban J connectivity index is 1.50. The maximum atomic E-state index is 13.0. The van der Waals surface area contributed by atoms with Crippen LogP contribution in [0.15, 0.2) is 102 Å². The second-order valence-corrected chi connectivity index (χ2v) is 8.16. The monoisotopic (exact) mass is 460 g/mol. The van der Waals surface area contributed by atoms with Crippen LogP contribution in [0.4, 0.5) is 0 Å². The van der Waals surface area contributed by atoms with E-state index >= 15 is 0 Å². The van der Waals surface area contributed by atoms with E-state index in [1.54, 1.807) is 19.4 Å². The molecular weight excluding hydrogens is 436 g/mol. The van der Waals surface area contributed by atoms with Gasteiger partial charge < -0.3 is 4.74 Å². The number of hydrogen-bond acceptors (Lipinski definition) is 4. The van der Waals surface area contributed by atoms with E-state index in [1.165, 1.54) is 0 Å². The van der Waals surface area contributed by atoms with Crippen LogP contribution in [-0.2, 0) is 0 Å². The zero-order valence-electron chi connectivity index (χ0n) is 19.5. The molecule has 6 heteroatoms. The molecule has 0 bridgehead atoms. The maximum Gasteiger partial charge on any atom is 0.291 e. The molecule has 0 aliphatic carbocycles. The van der Waals surface area contributed by atoms with Crippen molar-refractivity contribution in [2.24, 2.45) is 5.10 Å². The summed E-state index contributed by atoms with van der Waals surface area (Å²) in [5.74, 6) is 0.371. The number of nitrogens with one attached hydrogen (secondary N) is 1. The highest BCUT2D eigenvalue weighted by atomic mass is 16.5. The Morgan fingerprint density at radius 3 is 2.46 bits per heavy atom. The van der Waals surface area contributed by atoms with Gasteiger partial charge in [0.15, 0.2) is 5.69 Å². The molecule has 1 aromatic heterocycles. The number of nitrogens with zero attached hydrogens (tertiary/aromatic N) is 3. The molecule has 1 N–H and O–H groups in total. The molecule has 0 atom stereocenters. The topological polar surface area (TPSA) is 68.5 Å². The van der Waals surface area contributed by atoms with Crippen molar-refractivity contribution in [2.45, 2.75) is 6.92 Å². The van der Waals surface area contributed by atoms with E-state index in [0.29, 0.717) is 0 Å². The average molecular weight is 461 g/mol. The zero-order valence-corrected chi connectivity index (χ0v) is 19.5. The molecular formula is C29H24N4O2. The molecule has 0 unspecified atom stereocenters. The van der Waals surface area contributed by atoms with Gasteiger partial charge in [-0.1, -0.05) is 60.2 Å². The Hall–Kier alpha value is -4.71. The van der Waals surface area contributed by atoms with Crippen LogP contribution in [-0.4, -0.2) is 29.0 Å². The van der Waals surface area contributed by atoms with E-state index in [4.69, 9.17) is 4.74 Å². The van der Waals surface area contributed by atoms with E-state index in [-0.39, 0.29) is 11.6 Å². The molecule has 0 spiro atoms. The Bertz CT molecular complexity index is 1510. The summed E-state index contributed by atoms with van der Waals surface area (Å²) in [6.07, 6.45) is 1.58. The van der Waals surface area contributed by atoms with Gasteiger partial charge in [0.05, 0.1) is 24.7 Å². The van der Waals surface area contributed by atoms with Crippen LogP contribution >= 0.6 is 0 Å². The van der Waals surface area contributed by atoms with Crippen LogP contribution < -0.4 is 10.2 Å². The summed E-state index contributed by atoms with van der Waals surface area (Å²) in [4.78, 5) is 13.0. The second kappa shape index (κ2) is 9.65. The summed E-state index contributed by atoms with van der Waals surface area (Å²) < 4.78 is 6.97. The molecule has 0 saturated carbocycles. The highest BCUT2D eigenvalue weighted by Gasteiger charge is 2.18. The van der Waals surface area contributed by atoms with Gasteiger partial charge in [0.1, 0.15) is 5.75 Å². The van der Waals surface area contributed by atoms with Gasteiger partial charge in [-0.2, -0.15) is 10.2 Å². The van der Waals surface area contributed by atoms with Crippen molar-refractivity contribution < 1.29 is 9.53 Å². The molecule has 172 valence electrons. The zero-order chi connectivity index (χ0) is 24.2. The molecule has 5 rings (SSSR count). The number of methoxy groups -OCH3 is 1. The highest BCUT2D eigenvalue weighted by molar-refractivity contribution is 5.99. The molecule has 0 saturated heterocycles. The number of aryl methyl sites for hydroxylation is 1. The summed E-state index contributed by atoms with van der Waals surface area (Å²) >= 11 is 0. The van der Waals surface area contributed by atoms with Crippen molar-refractivity contribution in [3.05, 3.63) is 114 Å². The van der Waals surface area contributed by atoms with Gasteiger partial charge >= 0.3 is 0 Å². The van der Waals surface area contributed by atoms with Crippen molar-refractivity contribution in [1.82, 2.24) is 15.2 Å². The average Bonchev–Trinajstić information content (AvgIpc) is 3.34. The van der Waals surface area contributed by atoms with Gasteiger partial charge in [-0.3, -0.25) is 4.79 Å². The molecule has 5 aromatic rings. The fourth-order valence-electron chi connectivity index (χ4n) is 3.93. The third kappa shape index (κ3) is 4.68. The van der Waals surface area contributed by atoms with Crippen LogP contribution in [0.2, 0.25) is 0 Å². The van der Waals surface area contributed by atoms with Gasteiger partial charge in [0.2, 0.25) is 0 Å². The lowest BCUT2D eigenvalue weighted by Crippen LogP contribution is -2.18.